The second-order valence-electron chi connectivity index (χ2n) is 5.29. The van der Waals surface area contributed by atoms with Crippen LogP contribution in [0.25, 0.3) is 0 Å². The molecule has 0 aliphatic rings. The Bertz CT molecular complexity index is 762. The van der Waals surface area contributed by atoms with Crippen LogP contribution in [0.5, 0.6) is 5.75 Å². The SMILES string of the molecule is CN(C)c1ccc(C(=O)OCCOc2ccc(Br)cc2)cc1[N+](=O)[O-]. The van der Waals surface area contributed by atoms with E-state index in [1.807, 2.05) is 12.1 Å². The topological polar surface area (TPSA) is 81.9 Å². The minimum Gasteiger partial charge on any atom is -0.490 e. The van der Waals surface area contributed by atoms with Gasteiger partial charge in [0.2, 0.25) is 0 Å². The van der Waals surface area contributed by atoms with E-state index in [0.29, 0.717) is 11.4 Å². The molecule has 0 radical (unpaired) electrons. The Morgan fingerprint density at radius 2 is 1.84 bits per heavy atom. The molecule has 7 nitrogen and oxygen atoms in total. The molecule has 0 spiro atoms. The van der Waals surface area contributed by atoms with Gasteiger partial charge in [0.15, 0.2) is 0 Å². The summed E-state index contributed by atoms with van der Waals surface area (Å²) in [6.45, 7) is 0.226. The van der Waals surface area contributed by atoms with Crippen molar-refractivity contribution in [1.29, 1.82) is 0 Å². The average Bonchev–Trinajstić information content (AvgIpc) is 2.59. The summed E-state index contributed by atoms with van der Waals surface area (Å²) in [7, 11) is 3.39. The minimum atomic E-state index is -0.632. The third-order valence-electron chi connectivity index (χ3n) is 3.29. The molecule has 0 aromatic heterocycles. The van der Waals surface area contributed by atoms with Crippen molar-refractivity contribution in [2.75, 3.05) is 32.2 Å². The van der Waals surface area contributed by atoms with Gasteiger partial charge < -0.3 is 14.4 Å². The van der Waals surface area contributed by atoms with Crippen molar-refractivity contribution in [3.63, 3.8) is 0 Å². The fraction of sp³-hybridized carbons (Fsp3) is 0.235. The smallest absolute Gasteiger partial charge is 0.338 e. The number of nitro groups is 1. The predicted octanol–water partition coefficient (Wildman–Crippen LogP) is 3.66. The van der Waals surface area contributed by atoms with Crippen LogP contribution in [-0.2, 0) is 4.74 Å². The molecule has 0 N–H and O–H groups in total. The number of benzene rings is 2. The fourth-order valence-corrected chi connectivity index (χ4v) is 2.35. The second-order valence-corrected chi connectivity index (χ2v) is 6.21. The lowest BCUT2D eigenvalue weighted by atomic mass is 10.1. The summed E-state index contributed by atoms with van der Waals surface area (Å²) in [6.07, 6.45) is 0. The number of carbonyl (C=O) groups is 1. The van der Waals surface area contributed by atoms with Crippen LogP contribution < -0.4 is 9.64 Å². The molecular weight excluding hydrogens is 392 g/mol. The highest BCUT2D eigenvalue weighted by Gasteiger charge is 2.19. The van der Waals surface area contributed by atoms with Gasteiger partial charge in [-0.2, -0.15) is 0 Å². The van der Waals surface area contributed by atoms with Crippen LogP contribution in [0, 0.1) is 10.1 Å². The summed E-state index contributed by atoms with van der Waals surface area (Å²) in [5, 5.41) is 11.1. The molecule has 0 unspecified atom stereocenters. The van der Waals surface area contributed by atoms with E-state index in [2.05, 4.69) is 15.9 Å². The summed E-state index contributed by atoms with van der Waals surface area (Å²) in [5.41, 5.74) is 0.395. The average molecular weight is 409 g/mol. The minimum absolute atomic E-state index is 0.0398. The summed E-state index contributed by atoms with van der Waals surface area (Å²) in [6, 6.07) is 11.5. The van der Waals surface area contributed by atoms with Gasteiger partial charge in [0.05, 0.1) is 10.5 Å². The van der Waals surface area contributed by atoms with Crippen LogP contribution in [0.1, 0.15) is 10.4 Å². The highest BCUT2D eigenvalue weighted by atomic mass is 79.9. The van der Waals surface area contributed by atoms with E-state index in [-0.39, 0.29) is 24.5 Å². The lowest BCUT2D eigenvalue weighted by Crippen LogP contribution is -2.14. The molecule has 0 atom stereocenters. The maximum absolute atomic E-state index is 12.0. The first-order valence-corrected chi connectivity index (χ1v) is 8.19. The van der Waals surface area contributed by atoms with Crippen LogP contribution in [0.2, 0.25) is 0 Å². The Morgan fingerprint density at radius 3 is 2.44 bits per heavy atom. The van der Waals surface area contributed by atoms with Gasteiger partial charge in [-0.15, -0.1) is 0 Å². The number of hydrogen-bond acceptors (Lipinski definition) is 6. The number of anilines is 1. The van der Waals surface area contributed by atoms with Crippen molar-refractivity contribution >= 4 is 33.3 Å². The van der Waals surface area contributed by atoms with Gasteiger partial charge in [0, 0.05) is 24.6 Å². The molecule has 2 aromatic rings. The Hall–Kier alpha value is -2.61. The Morgan fingerprint density at radius 1 is 1.16 bits per heavy atom. The normalized spacial score (nSPS) is 10.2. The first-order valence-electron chi connectivity index (χ1n) is 7.39. The third-order valence-corrected chi connectivity index (χ3v) is 3.82. The maximum atomic E-state index is 12.0. The van der Waals surface area contributed by atoms with Gasteiger partial charge in [0.25, 0.3) is 5.69 Å². The number of nitro benzene ring substituents is 1. The lowest BCUT2D eigenvalue weighted by Gasteiger charge is -2.13. The highest BCUT2D eigenvalue weighted by Crippen LogP contribution is 2.27. The summed E-state index contributed by atoms with van der Waals surface area (Å²) >= 11 is 3.33. The standard InChI is InChI=1S/C17H17BrN2O5/c1-19(2)15-8-3-12(11-16(15)20(22)23)17(21)25-10-9-24-14-6-4-13(18)5-7-14/h3-8,11H,9-10H2,1-2H3. The summed E-state index contributed by atoms with van der Waals surface area (Å²) < 4.78 is 11.5. The van der Waals surface area contributed by atoms with E-state index in [9.17, 15) is 14.9 Å². The summed E-state index contributed by atoms with van der Waals surface area (Å²) in [5.74, 6) is 0.0260. The largest absolute Gasteiger partial charge is 0.490 e. The van der Waals surface area contributed by atoms with Gasteiger partial charge in [-0.05, 0) is 36.4 Å². The number of carbonyl (C=O) groups excluding carboxylic acids is 1. The van der Waals surface area contributed by atoms with Crippen molar-refractivity contribution < 1.29 is 19.2 Å². The van der Waals surface area contributed by atoms with Gasteiger partial charge in [-0.25, -0.2) is 4.79 Å². The third kappa shape index (κ3) is 5.18. The van der Waals surface area contributed by atoms with E-state index in [0.717, 1.165) is 4.47 Å². The molecule has 0 saturated heterocycles. The van der Waals surface area contributed by atoms with Crippen molar-refractivity contribution in [2.45, 2.75) is 0 Å². The molecule has 2 rings (SSSR count). The number of rotatable bonds is 7. The molecule has 0 bridgehead atoms. The molecule has 0 aliphatic heterocycles. The number of halogens is 1. The van der Waals surface area contributed by atoms with Gasteiger partial charge in [-0.1, -0.05) is 15.9 Å². The van der Waals surface area contributed by atoms with E-state index in [4.69, 9.17) is 9.47 Å². The molecule has 2 aromatic carbocycles. The zero-order valence-electron chi connectivity index (χ0n) is 13.8. The van der Waals surface area contributed by atoms with E-state index in [1.54, 1.807) is 31.1 Å². The van der Waals surface area contributed by atoms with E-state index < -0.39 is 10.9 Å². The van der Waals surface area contributed by atoms with Crippen molar-refractivity contribution in [1.82, 2.24) is 0 Å². The monoisotopic (exact) mass is 408 g/mol. The number of ether oxygens (including phenoxy) is 2. The molecule has 132 valence electrons. The van der Waals surface area contributed by atoms with Crippen LogP contribution >= 0.6 is 15.9 Å². The first-order chi connectivity index (χ1) is 11.9. The van der Waals surface area contributed by atoms with Crippen molar-refractivity contribution in [2.24, 2.45) is 0 Å². The molecule has 0 heterocycles. The predicted molar refractivity (Wildman–Crippen MR) is 97.3 cm³/mol. The van der Waals surface area contributed by atoms with Crippen molar-refractivity contribution in [3.8, 4) is 5.75 Å². The molecule has 0 fully saturated rings. The van der Waals surface area contributed by atoms with Crippen LogP contribution in [0.3, 0.4) is 0 Å². The molecule has 25 heavy (non-hydrogen) atoms. The number of nitrogens with zero attached hydrogens (tertiary/aromatic N) is 2. The second kappa shape index (κ2) is 8.48. The molecule has 0 aliphatic carbocycles. The van der Waals surface area contributed by atoms with Crippen LogP contribution in [0.4, 0.5) is 11.4 Å². The molecule has 0 saturated carbocycles. The molecule has 8 heteroatoms. The van der Waals surface area contributed by atoms with Crippen LogP contribution in [0.15, 0.2) is 46.9 Å². The van der Waals surface area contributed by atoms with Crippen molar-refractivity contribution in [3.05, 3.63) is 62.6 Å². The fourth-order valence-electron chi connectivity index (χ4n) is 2.08. The van der Waals surface area contributed by atoms with E-state index >= 15 is 0 Å². The van der Waals surface area contributed by atoms with Gasteiger partial charge >= 0.3 is 5.97 Å². The number of esters is 1. The van der Waals surface area contributed by atoms with Gasteiger partial charge in [0.1, 0.15) is 24.7 Å². The Balaban J connectivity index is 1.93. The quantitative estimate of drug-likeness (QED) is 0.301. The molecular formula is C17H17BrN2O5. The zero-order valence-corrected chi connectivity index (χ0v) is 15.4. The Labute approximate surface area is 153 Å². The van der Waals surface area contributed by atoms with Crippen LogP contribution in [-0.4, -0.2) is 38.2 Å². The van der Waals surface area contributed by atoms with Gasteiger partial charge in [-0.3, -0.25) is 10.1 Å². The first kappa shape index (κ1) is 18.7. The Kier molecular flexibility index (Phi) is 6.35. The summed E-state index contributed by atoms with van der Waals surface area (Å²) in [4.78, 5) is 24.3. The lowest BCUT2D eigenvalue weighted by molar-refractivity contribution is -0.384. The zero-order chi connectivity index (χ0) is 18.4. The maximum Gasteiger partial charge on any atom is 0.338 e. The number of hydrogen-bond donors (Lipinski definition) is 0. The molecule has 0 amide bonds. The van der Waals surface area contributed by atoms with E-state index in [1.165, 1.54) is 18.2 Å². The highest BCUT2D eigenvalue weighted by molar-refractivity contribution is 9.10.